The topological polar surface area (TPSA) is 148 Å². The number of hydrogen-bond acceptors (Lipinski definition) is 6. The summed E-state index contributed by atoms with van der Waals surface area (Å²) in [4.78, 5) is 34.5. The Morgan fingerprint density at radius 1 is 1.00 bits per heavy atom. The van der Waals surface area contributed by atoms with Gasteiger partial charge < -0.3 is 15.9 Å². The molecule has 0 spiro atoms. The third kappa shape index (κ3) is 14.0. The predicted molar refractivity (Wildman–Crippen MR) is 74.3 cm³/mol. The molecule has 0 aromatic rings. The van der Waals surface area contributed by atoms with Crippen LogP contribution in [0.4, 0.5) is 0 Å². The van der Waals surface area contributed by atoms with Crippen molar-refractivity contribution in [3.05, 3.63) is 0 Å². The molecule has 0 aliphatic rings. The third-order valence-electron chi connectivity index (χ3n) is 2.12. The second-order valence-corrected chi connectivity index (χ2v) is 3.83. The van der Waals surface area contributed by atoms with E-state index in [9.17, 15) is 14.4 Å². The fourth-order valence-corrected chi connectivity index (χ4v) is 1.41. The van der Waals surface area contributed by atoms with Gasteiger partial charge in [0.2, 0.25) is 5.91 Å². The van der Waals surface area contributed by atoms with Gasteiger partial charge in [-0.3, -0.25) is 24.2 Å². The number of aliphatic carboxylic acids is 2. The van der Waals surface area contributed by atoms with Crippen LogP contribution in [-0.2, 0) is 14.4 Å². The van der Waals surface area contributed by atoms with Crippen molar-refractivity contribution in [2.45, 2.75) is 13.8 Å². The van der Waals surface area contributed by atoms with E-state index in [-0.39, 0.29) is 39.3 Å². The van der Waals surface area contributed by atoms with Crippen molar-refractivity contribution < 1.29 is 24.6 Å². The summed E-state index contributed by atoms with van der Waals surface area (Å²) in [6.45, 7) is 3.25. The molecule has 0 aromatic carbocycles. The van der Waals surface area contributed by atoms with Crippen LogP contribution in [0.2, 0.25) is 0 Å². The van der Waals surface area contributed by atoms with Gasteiger partial charge in [-0.25, -0.2) is 0 Å². The smallest absolute Gasteiger partial charge is 0.317 e. The van der Waals surface area contributed by atoms with E-state index in [2.05, 4.69) is 0 Å². The number of amides is 1. The first kappa shape index (κ1) is 21.1. The van der Waals surface area contributed by atoms with Crippen molar-refractivity contribution in [1.29, 1.82) is 5.26 Å². The lowest BCUT2D eigenvalue weighted by molar-refractivity contribution is -0.140. The van der Waals surface area contributed by atoms with E-state index in [0.29, 0.717) is 0 Å². The maximum absolute atomic E-state index is 10.8. The van der Waals surface area contributed by atoms with Crippen LogP contribution in [0.3, 0.4) is 0 Å². The molecule has 0 radical (unpaired) electrons. The summed E-state index contributed by atoms with van der Waals surface area (Å²) >= 11 is 0. The standard InChI is InChI=1S/C10H16N4O5.C2H6/c11-1-2-13(6-9(16)17)3-4-14(5-8(12)15)7-10(18)19;1-2/h2-7H2,(H2,12,15)(H,16,17)(H,18,19);1-2H3. The second-order valence-electron chi connectivity index (χ2n) is 3.83. The Morgan fingerprint density at radius 2 is 1.43 bits per heavy atom. The summed E-state index contributed by atoms with van der Waals surface area (Å²) < 4.78 is 0. The van der Waals surface area contributed by atoms with E-state index in [1.807, 2.05) is 19.9 Å². The lowest BCUT2D eigenvalue weighted by Gasteiger charge is -2.23. The Hall–Kier alpha value is -2.18. The summed E-state index contributed by atoms with van der Waals surface area (Å²) in [6.07, 6.45) is 0. The van der Waals surface area contributed by atoms with Crippen LogP contribution in [0, 0.1) is 11.3 Å². The average molecular weight is 302 g/mol. The molecule has 9 nitrogen and oxygen atoms in total. The molecule has 0 aliphatic heterocycles. The molecule has 120 valence electrons. The summed E-state index contributed by atoms with van der Waals surface area (Å²) in [5.41, 5.74) is 4.98. The minimum absolute atomic E-state index is 0.0935. The molecule has 1 amide bonds. The summed E-state index contributed by atoms with van der Waals surface area (Å²) in [7, 11) is 0. The zero-order chi connectivity index (χ0) is 16.8. The Bertz CT molecular complexity index is 364. The summed E-state index contributed by atoms with van der Waals surface area (Å²) in [5.74, 6) is -2.88. The van der Waals surface area contributed by atoms with Gasteiger partial charge >= 0.3 is 11.9 Å². The average Bonchev–Trinajstić information content (AvgIpc) is 2.36. The zero-order valence-corrected chi connectivity index (χ0v) is 12.3. The van der Waals surface area contributed by atoms with Crippen molar-refractivity contribution >= 4 is 17.8 Å². The molecule has 0 fully saturated rings. The van der Waals surface area contributed by atoms with E-state index < -0.39 is 17.8 Å². The van der Waals surface area contributed by atoms with Gasteiger partial charge in [-0.2, -0.15) is 5.26 Å². The normalized spacial score (nSPS) is 9.67. The molecule has 0 saturated carbocycles. The molecule has 0 unspecified atom stereocenters. The van der Waals surface area contributed by atoms with E-state index in [4.69, 9.17) is 21.2 Å². The number of carbonyl (C=O) groups is 3. The number of carboxylic acid groups (broad SMARTS) is 2. The maximum atomic E-state index is 10.8. The highest BCUT2D eigenvalue weighted by Crippen LogP contribution is 1.93. The van der Waals surface area contributed by atoms with Gasteiger partial charge in [-0.1, -0.05) is 13.8 Å². The first-order chi connectivity index (χ1) is 9.85. The van der Waals surface area contributed by atoms with Crippen molar-refractivity contribution in [2.24, 2.45) is 5.73 Å². The molecule has 0 rings (SSSR count). The lowest BCUT2D eigenvalue weighted by atomic mass is 10.4. The predicted octanol–water partition coefficient (Wildman–Crippen LogP) is -1.21. The quantitative estimate of drug-likeness (QED) is 0.426. The van der Waals surface area contributed by atoms with Crippen LogP contribution in [0.25, 0.3) is 0 Å². The van der Waals surface area contributed by atoms with Gasteiger partial charge in [0.1, 0.15) is 0 Å². The van der Waals surface area contributed by atoms with Crippen molar-refractivity contribution in [2.75, 3.05) is 39.3 Å². The Balaban J connectivity index is 0. The molecule has 4 N–H and O–H groups in total. The van der Waals surface area contributed by atoms with Crippen molar-refractivity contribution in [1.82, 2.24) is 9.80 Å². The number of primary amides is 1. The number of nitrogens with two attached hydrogens (primary N) is 1. The highest BCUT2D eigenvalue weighted by Gasteiger charge is 2.15. The van der Waals surface area contributed by atoms with Crippen molar-refractivity contribution in [3.63, 3.8) is 0 Å². The minimum atomic E-state index is -1.12. The maximum Gasteiger partial charge on any atom is 0.317 e. The van der Waals surface area contributed by atoms with Gasteiger partial charge in [-0.15, -0.1) is 0 Å². The third-order valence-corrected chi connectivity index (χ3v) is 2.12. The Labute approximate surface area is 123 Å². The van der Waals surface area contributed by atoms with Gasteiger partial charge in [0.15, 0.2) is 0 Å². The van der Waals surface area contributed by atoms with Gasteiger partial charge in [0.05, 0.1) is 32.2 Å². The molecule has 0 saturated heterocycles. The SMILES string of the molecule is CC.N#CCN(CCN(CC(N)=O)CC(=O)O)CC(=O)O. The fraction of sp³-hybridized carbons (Fsp3) is 0.667. The largest absolute Gasteiger partial charge is 0.480 e. The van der Waals surface area contributed by atoms with E-state index >= 15 is 0 Å². The van der Waals surface area contributed by atoms with Crippen LogP contribution < -0.4 is 5.73 Å². The number of carboxylic acids is 2. The molecular formula is C12H22N4O5. The van der Waals surface area contributed by atoms with E-state index in [1.165, 1.54) is 9.80 Å². The molecule has 0 bridgehead atoms. The van der Waals surface area contributed by atoms with Crippen LogP contribution in [-0.4, -0.2) is 77.1 Å². The van der Waals surface area contributed by atoms with Crippen LogP contribution in [0.5, 0.6) is 0 Å². The molecule has 21 heavy (non-hydrogen) atoms. The van der Waals surface area contributed by atoms with E-state index in [1.54, 1.807) is 0 Å². The summed E-state index contributed by atoms with van der Waals surface area (Å²) in [6, 6.07) is 1.81. The van der Waals surface area contributed by atoms with Crippen LogP contribution in [0.1, 0.15) is 13.8 Å². The van der Waals surface area contributed by atoms with Gasteiger partial charge in [0, 0.05) is 13.1 Å². The zero-order valence-electron chi connectivity index (χ0n) is 12.3. The highest BCUT2D eigenvalue weighted by atomic mass is 16.4. The molecule has 9 heteroatoms. The minimum Gasteiger partial charge on any atom is -0.480 e. The first-order valence-corrected chi connectivity index (χ1v) is 6.38. The number of hydrogen-bond donors (Lipinski definition) is 3. The van der Waals surface area contributed by atoms with Gasteiger partial charge in [-0.05, 0) is 0 Å². The van der Waals surface area contributed by atoms with Crippen LogP contribution in [0.15, 0.2) is 0 Å². The van der Waals surface area contributed by atoms with Crippen molar-refractivity contribution in [3.8, 4) is 6.07 Å². The molecule has 0 heterocycles. The monoisotopic (exact) mass is 302 g/mol. The lowest BCUT2D eigenvalue weighted by Crippen LogP contribution is -2.43. The number of nitriles is 1. The fourth-order valence-electron chi connectivity index (χ4n) is 1.41. The van der Waals surface area contributed by atoms with Crippen LogP contribution >= 0.6 is 0 Å². The highest BCUT2D eigenvalue weighted by molar-refractivity contribution is 5.77. The molecule has 0 aliphatic carbocycles. The summed E-state index contributed by atoms with van der Waals surface area (Å²) in [5, 5.41) is 25.8. The number of nitrogens with zero attached hydrogens (tertiary/aromatic N) is 3. The Kier molecular flexibility index (Phi) is 12.9. The molecular weight excluding hydrogens is 280 g/mol. The van der Waals surface area contributed by atoms with Gasteiger partial charge in [0.25, 0.3) is 0 Å². The first-order valence-electron chi connectivity index (χ1n) is 6.38. The Morgan fingerprint density at radius 3 is 1.81 bits per heavy atom. The molecule has 0 atom stereocenters. The van der Waals surface area contributed by atoms with E-state index in [0.717, 1.165) is 0 Å². The number of carbonyl (C=O) groups excluding carboxylic acids is 1. The second kappa shape index (κ2) is 12.8. The number of rotatable bonds is 10. The molecule has 0 aromatic heterocycles.